The molecule has 0 amide bonds. The van der Waals surface area contributed by atoms with Crippen molar-refractivity contribution in [3.8, 4) is 0 Å². The molecule has 1 heterocycles. The van der Waals surface area contributed by atoms with Gasteiger partial charge in [-0.2, -0.15) is 0 Å². The minimum absolute atomic E-state index is 0.634. The van der Waals surface area contributed by atoms with Gasteiger partial charge in [-0.1, -0.05) is 12.2 Å². The number of nitrogens with zero attached hydrogens (tertiary/aromatic N) is 1. The molecule has 13 heavy (non-hydrogen) atoms. The third-order valence-electron chi connectivity index (χ3n) is 2.21. The van der Waals surface area contributed by atoms with Crippen LogP contribution in [0.2, 0.25) is 0 Å². The van der Waals surface area contributed by atoms with Crippen LogP contribution in [-0.4, -0.2) is 32.1 Å². The summed E-state index contributed by atoms with van der Waals surface area (Å²) in [5.74, 6) is 0. The summed E-state index contributed by atoms with van der Waals surface area (Å²) in [6.07, 6.45) is 9.48. The largest absolute Gasteiger partial charge is 0.213 e. The molecule has 0 N–H and O–H groups in total. The van der Waals surface area contributed by atoms with E-state index in [9.17, 15) is 8.42 Å². The van der Waals surface area contributed by atoms with Crippen molar-refractivity contribution in [3.63, 3.8) is 0 Å². The lowest BCUT2D eigenvalue weighted by molar-refractivity contribution is 0.412. The normalized spacial score (nSPS) is 24.4. The summed E-state index contributed by atoms with van der Waals surface area (Å²) in [5.41, 5.74) is 0. The Labute approximate surface area is 80.5 Å². The van der Waals surface area contributed by atoms with Crippen LogP contribution < -0.4 is 0 Å². The predicted molar refractivity (Wildman–Crippen MR) is 54.0 cm³/mol. The van der Waals surface area contributed by atoms with Crippen molar-refractivity contribution in [1.82, 2.24) is 4.31 Å². The molecule has 76 valence electrons. The highest BCUT2D eigenvalue weighted by Gasteiger charge is 2.14. The molecule has 0 aromatic carbocycles. The van der Waals surface area contributed by atoms with Gasteiger partial charge < -0.3 is 0 Å². The minimum Gasteiger partial charge on any atom is -0.213 e. The van der Waals surface area contributed by atoms with Crippen molar-refractivity contribution >= 4 is 10.0 Å². The van der Waals surface area contributed by atoms with Gasteiger partial charge >= 0.3 is 0 Å². The lowest BCUT2D eigenvalue weighted by Crippen LogP contribution is -2.31. The van der Waals surface area contributed by atoms with E-state index >= 15 is 0 Å². The summed E-state index contributed by atoms with van der Waals surface area (Å²) in [7, 11) is -2.98. The molecule has 1 aliphatic rings. The highest BCUT2D eigenvalue weighted by Crippen LogP contribution is 2.08. The van der Waals surface area contributed by atoms with Gasteiger partial charge in [-0.3, -0.25) is 0 Å². The molecule has 1 rings (SSSR count). The first-order valence-electron chi connectivity index (χ1n) is 4.71. The third kappa shape index (κ3) is 3.91. The van der Waals surface area contributed by atoms with E-state index in [1.165, 1.54) is 6.26 Å². The molecular weight excluding hydrogens is 186 g/mol. The topological polar surface area (TPSA) is 37.4 Å². The summed E-state index contributed by atoms with van der Waals surface area (Å²) in [6.45, 7) is 1.32. The Morgan fingerprint density at radius 2 is 1.77 bits per heavy atom. The summed E-state index contributed by atoms with van der Waals surface area (Å²) >= 11 is 0. The molecule has 0 bridgehead atoms. The van der Waals surface area contributed by atoms with E-state index in [0.717, 1.165) is 25.7 Å². The van der Waals surface area contributed by atoms with Crippen molar-refractivity contribution in [1.29, 1.82) is 0 Å². The molecule has 0 aromatic heterocycles. The molecule has 0 atom stereocenters. The van der Waals surface area contributed by atoms with Gasteiger partial charge in [0.05, 0.1) is 6.26 Å². The minimum atomic E-state index is -2.98. The van der Waals surface area contributed by atoms with Crippen molar-refractivity contribution in [3.05, 3.63) is 12.2 Å². The van der Waals surface area contributed by atoms with E-state index in [2.05, 4.69) is 12.2 Å². The Morgan fingerprint density at radius 3 is 2.46 bits per heavy atom. The fourth-order valence-electron chi connectivity index (χ4n) is 1.45. The van der Waals surface area contributed by atoms with Crippen molar-refractivity contribution in [2.45, 2.75) is 25.7 Å². The van der Waals surface area contributed by atoms with Crippen molar-refractivity contribution < 1.29 is 8.42 Å². The molecule has 0 aliphatic carbocycles. The van der Waals surface area contributed by atoms with Gasteiger partial charge in [0.25, 0.3) is 0 Å². The average Bonchev–Trinajstić information content (AvgIpc) is 2.14. The van der Waals surface area contributed by atoms with E-state index in [4.69, 9.17) is 0 Å². The summed E-state index contributed by atoms with van der Waals surface area (Å²) < 4.78 is 24.1. The number of allylic oxidation sites excluding steroid dienone is 1. The van der Waals surface area contributed by atoms with Gasteiger partial charge in [-0.05, 0) is 25.7 Å². The quantitative estimate of drug-likeness (QED) is 0.604. The molecule has 0 aromatic rings. The lowest BCUT2D eigenvalue weighted by atomic mass is 10.2. The Bertz CT molecular complexity index is 269. The molecule has 0 radical (unpaired) electrons. The number of rotatable bonds is 1. The first-order valence-corrected chi connectivity index (χ1v) is 6.55. The first-order chi connectivity index (χ1) is 6.11. The Balaban J connectivity index is 2.58. The zero-order valence-corrected chi connectivity index (χ0v) is 8.89. The van der Waals surface area contributed by atoms with Gasteiger partial charge in [0.1, 0.15) is 0 Å². The maximum Gasteiger partial charge on any atom is 0.211 e. The maximum absolute atomic E-state index is 11.3. The summed E-state index contributed by atoms with van der Waals surface area (Å²) in [4.78, 5) is 0. The zero-order chi connectivity index (χ0) is 9.73. The smallest absolute Gasteiger partial charge is 0.211 e. The van der Waals surface area contributed by atoms with Gasteiger partial charge in [0.15, 0.2) is 0 Å². The average molecular weight is 203 g/mol. The predicted octanol–water partition coefficient (Wildman–Crippen LogP) is 1.38. The lowest BCUT2D eigenvalue weighted by Gasteiger charge is -2.18. The maximum atomic E-state index is 11.3. The Hall–Kier alpha value is -0.350. The van der Waals surface area contributed by atoms with Crippen LogP contribution in [0.3, 0.4) is 0 Å². The molecule has 3 nitrogen and oxygen atoms in total. The monoisotopic (exact) mass is 203 g/mol. The van der Waals surface area contributed by atoms with Gasteiger partial charge in [0.2, 0.25) is 10.0 Å². The van der Waals surface area contributed by atoms with Crippen LogP contribution >= 0.6 is 0 Å². The summed E-state index contributed by atoms with van der Waals surface area (Å²) in [6, 6.07) is 0. The molecule has 0 saturated carbocycles. The van der Waals surface area contributed by atoms with Crippen LogP contribution in [0.4, 0.5) is 0 Å². The van der Waals surface area contributed by atoms with Gasteiger partial charge in [-0.25, -0.2) is 12.7 Å². The van der Waals surface area contributed by atoms with Gasteiger partial charge in [-0.15, -0.1) is 0 Å². The molecule has 4 heteroatoms. The van der Waals surface area contributed by atoms with Gasteiger partial charge in [0, 0.05) is 13.1 Å². The van der Waals surface area contributed by atoms with E-state index in [1.54, 1.807) is 4.31 Å². The standard InChI is InChI=1S/C9H17NO2S/c1-13(11,12)10-8-6-4-2-3-5-7-9-10/h2,4H,3,5-9H2,1H3/b4-2-. The Kier molecular flexibility index (Phi) is 3.93. The highest BCUT2D eigenvalue weighted by molar-refractivity contribution is 7.88. The third-order valence-corrected chi connectivity index (χ3v) is 3.51. The molecular formula is C9H17NO2S. The molecule has 1 aliphatic heterocycles. The second-order valence-corrected chi connectivity index (χ2v) is 5.40. The fourth-order valence-corrected chi connectivity index (χ4v) is 2.35. The number of hydrogen-bond donors (Lipinski definition) is 0. The van der Waals surface area contributed by atoms with Crippen molar-refractivity contribution in [2.24, 2.45) is 0 Å². The van der Waals surface area contributed by atoms with Crippen LogP contribution in [0.1, 0.15) is 25.7 Å². The molecule has 0 unspecified atom stereocenters. The van der Waals surface area contributed by atoms with E-state index in [0.29, 0.717) is 13.1 Å². The Morgan fingerprint density at radius 1 is 1.08 bits per heavy atom. The highest BCUT2D eigenvalue weighted by atomic mass is 32.2. The van der Waals surface area contributed by atoms with E-state index in [-0.39, 0.29) is 0 Å². The van der Waals surface area contributed by atoms with E-state index in [1.807, 2.05) is 0 Å². The second kappa shape index (κ2) is 4.77. The number of sulfonamides is 1. The van der Waals surface area contributed by atoms with Crippen LogP contribution in [0.25, 0.3) is 0 Å². The molecule has 0 fully saturated rings. The number of hydrogen-bond acceptors (Lipinski definition) is 2. The first kappa shape index (κ1) is 10.7. The fraction of sp³-hybridized carbons (Fsp3) is 0.778. The molecule has 0 saturated heterocycles. The van der Waals surface area contributed by atoms with E-state index < -0.39 is 10.0 Å². The second-order valence-electron chi connectivity index (χ2n) is 3.42. The van der Waals surface area contributed by atoms with Crippen molar-refractivity contribution in [2.75, 3.05) is 19.3 Å². The zero-order valence-electron chi connectivity index (χ0n) is 8.07. The van der Waals surface area contributed by atoms with Crippen LogP contribution in [-0.2, 0) is 10.0 Å². The van der Waals surface area contributed by atoms with Crippen LogP contribution in [0.15, 0.2) is 12.2 Å². The summed E-state index contributed by atoms with van der Waals surface area (Å²) in [5, 5.41) is 0. The molecule has 0 spiro atoms. The van der Waals surface area contributed by atoms with Crippen LogP contribution in [0, 0.1) is 0 Å². The SMILES string of the molecule is CS(=O)(=O)N1CC/C=C\CCCC1. The van der Waals surface area contributed by atoms with Crippen LogP contribution in [0.5, 0.6) is 0 Å².